The van der Waals surface area contributed by atoms with Crippen molar-refractivity contribution in [2.75, 3.05) is 5.73 Å². The number of nitrogens with zero attached hydrogens (tertiary/aromatic N) is 3. The summed E-state index contributed by atoms with van der Waals surface area (Å²) in [5, 5.41) is 10.6. The Morgan fingerprint density at radius 1 is 1.61 bits per heavy atom. The summed E-state index contributed by atoms with van der Waals surface area (Å²) in [4.78, 5) is 12.1. The predicted molar refractivity (Wildman–Crippen MR) is 71.3 cm³/mol. The number of aryl methyl sites for hydroxylation is 2. The molecule has 0 aromatic carbocycles. The fourth-order valence-electron chi connectivity index (χ4n) is 1.78. The molecule has 0 radical (unpaired) electrons. The van der Waals surface area contributed by atoms with Crippen LogP contribution in [0.15, 0.2) is 10.7 Å². The third kappa shape index (κ3) is 2.17. The molecule has 0 fully saturated rings. The number of rotatable bonds is 4. The highest BCUT2D eigenvalue weighted by Gasteiger charge is 2.18. The minimum absolute atomic E-state index is 0.0763. The number of Topliss-reactive ketones (excluding diaryl/α,β-unsaturated/α-hetero) is 1. The minimum Gasteiger partial charge on any atom is -0.383 e. The average molecular weight is 312 g/mol. The number of nitrogen functional groups attached to an aromatic ring is 1. The van der Waals surface area contributed by atoms with Gasteiger partial charge in [-0.15, -0.1) is 0 Å². The van der Waals surface area contributed by atoms with Crippen molar-refractivity contribution in [2.24, 2.45) is 7.05 Å². The molecule has 0 unspecified atom stereocenters. The van der Waals surface area contributed by atoms with Crippen molar-refractivity contribution in [2.45, 2.75) is 19.8 Å². The van der Waals surface area contributed by atoms with Crippen LogP contribution in [-0.4, -0.2) is 25.8 Å². The minimum atomic E-state index is -0.0763. The molecule has 2 rings (SSSR count). The van der Waals surface area contributed by atoms with Gasteiger partial charge in [0.25, 0.3) is 0 Å². The van der Waals surface area contributed by atoms with Gasteiger partial charge in [0.15, 0.2) is 5.78 Å². The molecular weight excluding hydrogens is 298 g/mol. The third-order valence-electron chi connectivity index (χ3n) is 2.80. The first-order valence-corrected chi connectivity index (χ1v) is 6.36. The zero-order chi connectivity index (χ0) is 13.3. The highest BCUT2D eigenvalue weighted by Crippen LogP contribution is 2.23. The quantitative estimate of drug-likeness (QED) is 0.837. The molecule has 2 aromatic rings. The first kappa shape index (κ1) is 12.8. The van der Waals surface area contributed by atoms with Gasteiger partial charge in [-0.3, -0.25) is 14.6 Å². The first-order chi connectivity index (χ1) is 8.54. The number of carbonyl (C=O) groups excluding carboxylic acids is 1. The Labute approximate surface area is 113 Å². The molecule has 0 atom stereocenters. The SMILES string of the molecule is CCc1nn(C)c(CC(=O)c2cn[nH]c2N)c1Br. The highest BCUT2D eigenvalue weighted by molar-refractivity contribution is 9.10. The smallest absolute Gasteiger partial charge is 0.174 e. The molecule has 7 heteroatoms. The van der Waals surface area contributed by atoms with Crippen LogP contribution in [-0.2, 0) is 19.9 Å². The van der Waals surface area contributed by atoms with E-state index in [9.17, 15) is 4.79 Å². The molecule has 0 aliphatic carbocycles. The molecule has 6 nitrogen and oxygen atoms in total. The molecule has 3 N–H and O–H groups in total. The van der Waals surface area contributed by atoms with Gasteiger partial charge < -0.3 is 5.73 Å². The second kappa shape index (κ2) is 4.93. The van der Waals surface area contributed by atoms with Gasteiger partial charge in [0.05, 0.1) is 34.0 Å². The summed E-state index contributed by atoms with van der Waals surface area (Å²) in [6, 6.07) is 0. The molecular formula is C11H14BrN5O. The highest BCUT2D eigenvalue weighted by atomic mass is 79.9. The zero-order valence-electron chi connectivity index (χ0n) is 10.2. The maximum Gasteiger partial charge on any atom is 0.174 e. The van der Waals surface area contributed by atoms with E-state index in [4.69, 9.17) is 5.73 Å². The summed E-state index contributed by atoms with van der Waals surface area (Å²) in [5.74, 6) is 0.224. The monoisotopic (exact) mass is 311 g/mol. The number of hydrogen-bond acceptors (Lipinski definition) is 4. The lowest BCUT2D eigenvalue weighted by molar-refractivity contribution is 0.0991. The van der Waals surface area contributed by atoms with Crippen molar-refractivity contribution in [3.05, 3.63) is 27.6 Å². The lowest BCUT2D eigenvalue weighted by Crippen LogP contribution is -2.09. The van der Waals surface area contributed by atoms with Crippen molar-refractivity contribution in [3.8, 4) is 0 Å². The van der Waals surface area contributed by atoms with Crippen LogP contribution < -0.4 is 5.73 Å². The Kier molecular flexibility index (Phi) is 3.51. The molecule has 0 saturated heterocycles. The van der Waals surface area contributed by atoms with Crippen LogP contribution in [0.1, 0.15) is 28.7 Å². The normalized spacial score (nSPS) is 10.8. The van der Waals surface area contributed by atoms with Gasteiger partial charge in [0, 0.05) is 7.05 Å². The molecule has 2 aromatic heterocycles. The van der Waals surface area contributed by atoms with E-state index in [0.717, 1.165) is 22.3 Å². The summed E-state index contributed by atoms with van der Waals surface area (Å²) in [6.45, 7) is 2.02. The maximum atomic E-state index is 12.1. The Hall–Kier alpha value is -1.63. The average Bonchev–Trinajstić information content (AvgIpc) is 2.87. The summed E-state index contributed by atoms with van der Waals surface area (Å²) < 4.78 is 2.61. The molecule has 0 aliphatic rings. The Bertz CT molecular complexity index is 586. The van der Waals surface area contributed by atoms with E-state index >= 15 is 0 Å². The van der Waals surface area contributed by atoms with Gasteiger partial charge in [-0.2, -0.15) is 10.2 Å². The number of ketones is 1. The molecule has 0 spiro atoms. The summed E-state index contributed by atoms with van der Waals surface area (Å²) in [7, 11) is 1.82. The fourth-order valence-corrected chi connectivity index (χ4v) is 2.53. The molecule has 0 amide bonds. The molecule has 0 bridgehead atoms. The van der Waals surface area contributed by atoms with E-state index in [1.807, 2.05) is 14.0 Å². The topological polar surface area (TPSA) is 89.6 Å². The lowest BCUT2D eigenvalue weighted by atomic mass is 10.1. The van der Waals surface area contributed by atoms with E-state index < -0.39 is 0 Å². The van der Waals surface area contributed by atoms with Gasteiger partial charge in [-0.05, 0) is 22.4 Å². The zero-order valence-corrected chi connectivity index (χ0v) is 11.8. The Morgan fingerprint density at radius 3 is 2.83 bits per heavy atom. The van der Waals surface area contributed by atoms with Crippen molar-refractivity contribution in [1.29, 1.82) is 0 Å². The predicted octanol–water partition coefficient (Wildman–Crippen LogP) is 1.48. The summed E-state index contributed by atoms with van der Waals surface area (Å²) in [5.41, 5.74) is 7.84. The molecule has 96 valence electrons. The van der Waals surface area contributed by atoms with Gasteiger partial charge in [0.1, 0.15) is 5.82 Å². The van der Waals surface area contributed by atoms with Crippen molar-refractivity contribution < 1.29 is 4.79 Å². The molecule has 0 aliphatic heterocycles. The van der Waals surface area contributed by atoms with Gasteiger partial charge in [-0.25, -0.2) is 0 Å². The van der Waals surface area contributed by atoms with E-state index in [1.54, 1.807) is 4.68 Å². The molecule has 2 heterocycles. The van der Waals surface area contributed by atoms with Gasteiger partial charge >= 0.3 is 0 Å². The molecule has 0 saturated carbocycles. The standard InChI is InChI=1S/C11H14BrN5O/c1-3-7-10(12)8(17(2)16-7)4-9(18)6-5-14-15-11(6)13/h5H,3-4H2,1-2H3,(H3,13,14,15). The van der Waals surface area contributed by atoms with Crippen LogP contribution in [0.5, 0.6) is 0 Å². The maximum absolute atomic E-state index is 12.1. The van der Waals surface area contributed by atoms with E-state index in [0.29, 0.717) is 11.4 Å². The van der Waals surface area contributed by atoms with Crippen LogP contribution >= 0.6 is 15.9 Å². The van der Waals surface area contributed by atoms with Gasteiger partial charge in [-0.1, -0.05) is 6.92 Å². The number of carbonyl (C=O) groups is 1. The number of nitrogens with two attached hydrogens (primary N) is 1. The first-order valence-electron chi connectivity index (χ1n) is 5.56. The number of aromatic nitrogens is 4. The second-order valence-corrected chi connectivity index (χ2v) is 4.77. The Balaban J connectivity index is 2.27. The van der Waals surface area contributed by atoms with Crippen molar-refractivity contribution >= 4 is 27.5 Å². The number of halogens is 1. The number of anilines is 1. The van der Waals surface area contributed by atoms with E-state index in [1.165, 1.54) is 6.20 Å². The number of nitrogens with one attached hydrogen (secondary N) is 1. The lowest BCUT2D eigenvalue weighted by Gasteiger charge is -2.01. The number of hydrogen-bond donors (Lipinski definition) is 2. The summed E-state index contributed by atoms with van der Waals surface area (Å²) in [6.07, 6.45) is 2.51. The van der Waals surface area contributed by atoms with E-state index in [-0.39, 0.29) is 12.2 Å². The van der Waals surface area contributed by atoms with Crippen molar-refractivity contribution in [3.63, 3.8) is 0 Å². The number of aromatic amines is 1. The van der Waals surface area contributed by atoms with Crippen LogP contribution in [0, 0.1) is 0 Å². The van der Waals surface area contributed by atoms with Crippen LogP contribution in [0.4, 0.5) is 5.82 Å². The van der Waals surface area contributed by atoms with Gasteiger partial charge in [0.2, 0.25) is 0 Å². The van der Waals surface area contributed by atoms with Crippen LogP contribution in [0.25, 0.3) is 0 Å². The Morgan fingerprint density at radius 2 is 2.33 bits per heavy atom. The van der Waals surface area contributed by atoms with E-state index in [2.05, 4.69) is 31.2 Å². The third-order valence-corrected chi connectivity index (χ3v) is 3.72. The molecule has 18 heavy (non-hydrogen) atoms. The summed E-state index contributed by atoms with van der Waals surface area (Å²) >= 11 is 3.48. The van der Waals surface area contributed by atoms with Crippen LogP contribution in [0.2, 0.25) is 0 Å². The number of H-pyrrole nitrogens is 1. The van der Waals surface area contributed by atoms with Crippen LogP contribution in [0.3, 0.4) is 0 Å². The fraction of sp³-hybridized carbons (Fsp3) is 0.364. The van der Waals surface area contributed by atoms with Crippen molar-refractivity contribution in [1.82, 2.24) is 20.0 Å². The largest absolute Gasteiger partial charge is 0.383 e. The second-order valence-electron chi connectivity index (χ2n) is 3.98.